The maximum atomic E-state index is 11.6. The first kappa shape index (κ1) is 12.9. The molecule has 1 heterocycles. The Balaban J connectivity index is 2.27. The van der Waals surface area contributed by atoms with Crippen LogP contribution in [0.25, 0.3) is 0 Å². The van der Waals surface area contributed by atoms with Crippen molar-refractivity contribution in [3.05, 3.63) is 0 Å². The molecule has 1 aliphatic heterocycles. The van der Waals surface area contributed by atoms with Crippen molar-refractivity contribution in [2.45, 2.75) is 25.3 Å². The van der Waals surface area contributed by atoms with Gasteiger partial charge in [0.1, 0.15) is 0 Å². The van der Waals surface area contributed by atoms with E-state index in [0.29, 0.717) is 13.2 Å². The maximum absolute atomic E-state index is 11.6. The number of ether oxygens (including phenoxy) is 1. The molecule has 2 N–H and O–H groups in total. The Bertz CT molecular complexity index is 261. The molecule has 5 nitrogen and oxygen atoms in total. The predicted molar refractivity (Wildman–Crippen MR) is 59.3 cm³/mol. The van der Waals surface area contributed by atoms with Crippen molar-refractivity contribution in [2.75, 3.05) is 32.6 Å². The summed E-state index contributed by atoms with van der Waals surface area (Å²) in [4.78, 5) is 0. The van der Waals surface area contributed by atoms with Gasteiger partial charge in [-0.2, -0.15) is 0 Å². The Hall–Kier alpha value is -0.170. The third-order valence-electron chi connectivity index (χ3n) is 2.46. The number of hydrogen-bond donors (Lipinski definition) is 2. The van der Waals surface area contributed by atoms with Crippen LogP contribution in [0.2, 0.25) is 0 Å². The lowest BCUT2D eigenvalue weighted by molar-refractivity contribution is 0.204. The minimum atomic E-state index is -3.15. The van der Waals surface area contributed by atoms with Gasteiger partial charge in [-0.15, -0.1) is 0 Å². The molecule has 15 heavy (non-hydrogen) atoms. The molecule has 0 spiro atoms. The summed E-state index contributed by atoms with van der Waals surface area (Å²) in [6, 6.07) is 0.110. The van der Waals surface area contributed by atoms with E-state index in [1.807, 2.05) is 0 Å². The van der Waals surface area contributed by atoms with Crippen molar-refractivity contribution in [1.29, 1.82) is 0 Å². The van der Waals surface area contributed by atoms with Gasteiger partial charge in [0.15, 0.2) is 0 Å². The van der Waals surface area contributed by atoms with Crippen LogP contribution in [0.15, 0.2) is 0 Å². The minimum absolute atomic E-state index is 0.110. The molecule has 1 aliphatic rings. The molecule has 1 atom stereocenters. The first-order valence-electron chi connectivity index (χ1n) is 5.34. The van der Waals surface area contributed by atoms with Gasteiger partial charge in [0, 0.05) is 19.7 Å². The summed E-state index contributed by atoms with van der Waals surface area (Å²) in [6.07, 6.45) is 3.21. The van der Waals surface area contributed by atoms with Crippen LogP contribution in [0.3, 0.4) is 0 Å². The zero-order valence-electron chi connectivity index (χ0n) is 9.16. The van der Waals surface area contributed by atoms with Gasteiger partial charge in [-0.25, -0.2) is 13.1 Å². The third-order valence-corrected chi connectivity index (χ3v) is 3.95. The number of piperidine rings is 1. The van der Waals surface area contributed by atoms with Gasteiger partial charge in [0.2, 0.25) is 10.0 Å². The van der Waals surface area contributed by atoms with Crippen LogP contribution < -0.4 is 10.0 Å². The molecule has 1 rings (SSSR count). The molecule has 0 amide bonds. The number of methoxy groups -OCH3 is 1. The predicted octanol–water partition coefficient (Wildman–Crippen LogP) is -0.306. The van der Waals surface area contributed by atoms with Gasteiger partial charge in [0.25, 0.3) is 0 Å². The molecule has 0 aromatic carbocycles. The minimum Gasteiger partial charge on any atom is -0.383 e. The second-order valence-corrected chi connectivity index (χ2v) is 5.67. The van der Waals surface area contributed by atoms with Gasteiger partial charge in [0.05, 0.1) is 12.4 Å². The highest BCUT2D eigenvalue weighted by Gasteiger charge is 2.20. The summed E-state index contributed by atoms with van der Waals surface area (Å²) in [5.74, 6) is 0.177. The van der Waals surface area contributed by atoms with E-state index in [1.54, 1.807) is 7.11 Å². The Morgan fingerprint density at radius 3 is 2.87 bits per heavy atom. The van der Waals surface area contributed by atoms with Crippen LogP contribution >= 0.6 is 0 Å². The molecule has 0 bridgehead atoms. The normalized spacial score (nSPS) is 22.9. The van der Waals surface area contributed by atoms with Crippen LogP contribution in [0, 0.1) is 0 Å². The van der Waals surface area contributed by atoms with Crippen LogP contribution in [0.4, 0.5) is 0 Å². The second-order valence-electron chi connectivity index (χ2n) is 3.82. The van der Waals surface area contributed by atoms with E-state index >= 15 is 0 Å². The Kier molecular flexibility index (Phi) is 5.52. The highest BCUT2D eigenvalue weighted by molar-refractivity contribution is 7.89. The first-order valence-corrected chi connectivity index (χ1v) is 6.99. The van der Waals surface area contributed by atoms with Crippen molar-refractivity contribution in [2.24, 2.45) is 0 Å². The molecule has 0 saturated carbocycles. The fourth-order valence-electron chi connectivity index (χ4n) is 1.69. The molecule has 0 aromatic rings. The smallest absolute Gasteiger partial charge is 0.213 e. The van der Waals surface area contributed by atoms with Crippen LogP contribution in [0.1, 0.15) is 19.3 Å². The molecule has 1 fully saturated rings. The Labute approximate surface area is 91.6 Å². The molecule has 90 valence electrons. The standard InChI is InChI=1S/C9H20N2O3S/c1-14-7-6-11-15(12,13)8-9-4-2-3-5-10-9/h9-11H,2-8H2,1H3. The molecular formula is C9H20N2O3S. The molecule has 6 heteroatoms. The van der Waals surface area contributed by atoms with E-state index in [1.165, 1.54) is 0 Å². The van der Waals surface area contributed by atoms with E-state index in [0.717, 1.165) is 25.8 Å². The van der Waals surface area contributed by atoms with Crippen molar-refractivity contribution in [3.63, 3.8) is 0 Å². The SMILES string of the molecule is COCCNS(=O)(=O)CC1CCCCN1. The van der Waals surface area contributed by atoms with Crippen molar-refractivity contribution >= 4 is 10.0 Å². The van der Waals surface area contributed by atoms with Crippen molar-refractivity contribution < 1.29 is 13.2 Å². The van der Waals surface area contributed by atoms with E-state index in [4.69, 9.17) is 4.74 Å². The largest absolute Gasteiger partial charge is 0.383 e. The van der Waals surface area contributed by atoms with Gasteiger partial charge >= 0.3 is 0 Å². The average molecular weight is 236 g/mol. The summed E-state index contributed by atoms with van der Waals surface area (Å²) in [7, 11) is -1.59. The average Bonchev–Trinajstić information content (AvgIpc) is 2.18. The number of hydrogen-bond acceptors (Lipinski definition) is 4. The summed E-state index contributed by atoms with van der Waals surface area (Å²) in [5, 5.41) is 3.22. The van der Waals surface area contributed by atoms with Crippen molar-refractivity contribution in [3.8, 4) is 0 Å². The number of nitrogens with one attached hydrogen (secondary N) is 2. The molecule has 0 radical (unpaired) electrons. The van der Waals surface area contributed by atoms with E-state index in [9.17, 15) is 8.42 Å². The van der Waals surface area contributed by atoms with Crippen LogP contribution in [-0.4, -0.2) is 47.0 Å². The highest BCUT2D eigenvalue weighted by atomic mass is 32.2. The lowest BCUT2D eigenvalue weighted by Gasteiger charge is -2.23. The van der Waals surface area contributed by atoms with Gasteiger partial charge in [-0.1, -0.05) is 6.42 Å². The Morgan fingerprint density at radius 2 is 2.27 bits per heavy atom. The fraction of sp³-hybridized carbons (Fsp3) is 1.00. The van der Waals surface area contributed by atoms with E-state index in [2.05, 4.69) is 10.0 Å². The second kappa shape index (κ2) is 6.42. The van der Waals surface area contributed by atoms with E-state index in [-0.39, 0.29) is 11.8 Å². The summed E-state index contributed by atoms with van der Waals surface area (Å²) < 4.78 is 30.4. The monoisotopic (exact) mass is 236 g/mol. The molecule has 1 saturated heterocycles. The van der Waals surface area contributed by atoms with Crippen molar-refractivity contribution in [1.82, 2.24) is 10.0 Å². The molecule has 0 aliphatic carbocycles. The lowest BCUT2D eigenvalue weighted by atomic mass is 10.1. The fourth-order valence-corrected chi connectivity index (χ4v) is 3.02. The van der Waals surface area contributed by atoms with E-state index < -0.39 is 10.0 Å². The summed E-state index contributed by atoms with van der Waals surface area (Å²) >= 11 is 0. The highest BCUT2D eigenvalue weighted by Crippen LogP contribution is 2.08. The van der Waals surface area contributed by atoms with Gasteiger partial charge in [-0.3, -0.25) is 0 Å². The number of rotatable bonds is 6. The quantitative estimate of drug-likeness (QED) is 0.621. The first-order chi connectivity index (χ1) is 7.14. The zero-order valence-corrected chi connectivity index (χ0v) is 9.98. The maximum Gasteiger partial charge on any atom is 0.213 e. The lowest BCUT2D eigenvalue weighted by Crippen LogP contribution is -2.43. The molecular weight excluding hydrogens is 216 g/mol. The van der Waals surface area contributed by atoms with Crippen LogP contribution in [-0.2, 0) is 14.8 Å². The third kappa shape index (κ3) is 5.46. The van der Waals surface area contributed by atoms with Gasteiger partial charge < -0.3 is 10.1 Å². The molecule has 1 unspecified atom stereocenters. The number of sulfonamides is 1. The van der Waals surface area contributed by atoms with Crippen LogP contribution in [0.5, 0.6) is 0 Å². The van der Waals surface area contributed by atoms with Gasteiger partial charge in [-0.05, 0) is 19.4 Å². The zero-order chi connectivity index (χ0) is 11.1. The Morgan fingerprint density at radius 1 is 1.47 bits per heavy atom. The topological polar surface area (TPSA) is 67.4 Å². The summed E-state index contributed by atoms with van der Waals surface area (Å²) in [6.45, 7) is 1.70. The summed E-state index contributed by atoms with van der Waals surface area (Å²) in [5.41, 5.74) is 0. The molecule has 0 aromatic heterocycles.